The van der Waals surface area contributed by atoms with Gasteiger partial charge in [0.1, 0.15) is 5.69 Å². The maximum absolute atomic E-state index is 13.5. The molecule has 0 aliphatic carbocycles. The number of anilines is 1. The van der Waals surface area contributed by atoms with Gasteiger partial charge in [-0.2, -0.15) is 4.39 Å². The lowest BCUT2D eigenvalue weighted by Gasteiger charge is -2.16. The predicted molar refractivity (Wildman–Crippen MR) is 76.5 cm³/mol. The second-order valence-electron chi connectivity index (χ2n) is 4.31. The maximum atomic E-state index is 13.5. The van der Waals surface area contributed by atoms with E-state index in [1.165, 1.54) is 12.1 Å². The molecular weight excluding hydrogens is 283 g/mol. The summed E-state index contributed by atoms with van der Waals surface area (Å²) in [6.45, 7) is 1.82. The largest absolute Gasteiger partial charge is 0.373 e. The van der Waals surface area contributed by atoms with Crippen LogP contribution < -0.4 is 5.32 Å². The summed E-state index contributed by atoms with van der Waals surface area (Å²) in [6, 6.07) is 10.8. The molecule has 0 saturated heterocycles. The van der Waals surface area contributed by atoms with Crippen molar-refractivity contribution >= 4 is 23.0 Å². The van der Waals surface area contributed by atoms with Crippen LogP contribution in [0.25, 0.3) is 0 Å². The molecule has 0 heterocycles. The molecule has 0 bridgehead atoms. The van der Waals surface area contributed by atoms with E-state index in [4.69, 9.17) is 11.6 Å². The Morgan fingerprint density at radius 2 is 2.00 bits per heavy atom. The molecule has 0 fully saturated rings. The molecule has 4 nitrogen and oxygen atoms in total. The van der Waals surface area contributed by atoms with Gasteiger partial charge in [-0.15, -0.1) is 0 Å². The lowest BCUT2D eigenvalue weighted by Crippen LogP contribution is -2.09. The Labute approximate surface area is 120 Å². The first-order valence-corrected chi connectivity index (χ1v) is 6.31. The fourth-order valence-electron chi connectivity index (χ4n) is 1.91. The molecule has 0 spiro atoms. The molecule has 0 saturated carbocycles. The number of nitrogens with one attached hydrogen (secondary N) is 1. The molecular formula is C14H12ClFN2O2. The zero-order valence-electron chi connectivity index (χ0n) is 10.6. The molecule has 0 aliphatic rings. The van der Waals surface area contributed by atoms with E-state index in [-0.39, 0.29) is 11.7 Å². The van der Waals surface area contributed by atoms with Gasteiger partial charge in [0.15, 0.2) is 0 Å². The average molecular weight is 295 g/mol. The average Bonchev–Trinajstić information content (AvgIpc) is 2.38. The molecule has 0 aromatic heterocycles. The van der Waals surface area contributed by atoms with Gasteiger partial charge in [0.05, 0.1) is 4.92 Å². The predicted octanol–water partition coefficient (Wildman–Crippen LogP) is 4.56. The number of nitro groups is 1. The van der Waals surface area contributed by atoms with Gasteiger partial charge in [-0.05, 0) is 36.8 Å². The number of hydrogen-bond acceptors (Lipinski definition) is 3. The molecule has 2 aromatic carbocycles. The molecule has 1 N–H and O–H groups in total. The number of benzene rings is 2. The van der Waals surface area contributed by atoms with E-state index in [0.29, 0.717) is 5.02 Å². The normalized spacial score (nSPS) is 11.9. The van der Waals surface area contributed by atoms with E-state index < -0.39 is 16.4 Å². The summed E-state index contributed by atoms with van der Waals surface area (Å²) < 4.78 is 13.5. The third kappa shape index (κ3) is 3.05. The van der Waals surface area contributed by atoms with E-state index in [1.54, 1.807) is 18.2 Å². The van der Waals surface area contributed by atoms with Crippen LogP contribution in [0.3, 0.4) is 0 Å². The van der Waals surface area contributed by atoms with Crippen LogP contribution in [0, 0.1) is 15.9 Å². The van der Waals surface area contributed by atoms with Gasteiger partial charge in [-0.1, -0.05) is 29.8 Å². The van der Waals surface area contributed by atoms with Crippen molar-refractivity contribution in [3.63, 3.8) is 0 Å². The van der Waals surface area contributed by atoms with Gasteiger partial charge in [-0.25, -0.2) is 0 Å². The minimum atomic E-state index is -0.863. The molecule has 1 atom stereocenters. The van der Waals surface area contributed by atoms with Crippen molar-refractivity contribution in [2.45, 2.75) is 13.0 Å². The molecule has 104 valence electrons. The molecule has 20 heavy (non-hydrogen) atoms. The van der Waals surface area contributed by atoms with Crippen molar-refractivity contribution in [3.05, 3.63) is 69.0 Å². The first kappa shape index (κ1) is 14.3. The summed E-state index contributed by atoms with van der Waals surface area (Å²) >= 11 is 5.90. The summed E-state index contributed by atoms with van der Waals surface area (Å²) in [5.74, 6) is -0.863. The second-order valence-corrected chi connectivity index (χ2v) is 4.75. The first-order valence-electron chi connectivity index (χ1n) is 5.94. The zero-order chi connectivity index (χ0) is 14.7. The van der Waals surface area contributed by atoms with E-state index in [2.05, 4.69) is 5.32 Å². The molecule has 0 radical (unpaired) electrons. The Morgan fingerprint density at radius 1 is 1.30 bits per heavy atom. The second kappa shape index (κ2) is 5.88. The zero-order valence-corrected chi connectivity index (χ0v) is 11.4. The Morgan fingerprint density at radius 3 is 2.65 bits per heavy atom. The smallest absolute Gasteiger partial charge is 0.327 e. The van der Waals surface area contributed by atoms with Gasteiger partial charge in [0, 0.05) is 11.1 Å². The highest BCUT2D eigenvalue weighted by Crippen LogP contribution is 2.30. The monoisotopic (exact) mass is 294 g/mol. The Hall–Kier alpha value is -2.14. The fraction of sp³-hybridized carbons (Fsp3) is 0.143. The van der Waals surface area contributed by atoms with Crippen molar-refractivity contribution < 1.29 is 9.31 Å². The van der Waals surface area contributed by atoms with E-state index >= 15 is 0 Å². The number of nitrogens with zero attached hydrogens (tertiary/aromatic N) is 1. The lowest BCUT2D eigenvalue weighted by atomic mass is 10.1. The van der Waals surface area contributed by atoms with Crippen molar-refractivity contribution in [1.82, 2.24) is 0 Å². The SMILES string of the molecule is CC(Nc1cccc(F)c1[N+](=O)[O-])c1cccc(Cl)c1. The standard InChI is InChI=1S/C14H12ClFN2O2/c1-9(10-4-2-5-11(15)8-10)17-13-7-3-6-12(16)14(13)18(19)20/h2-9,17H,1H3. The van der Waals surface area contributed by atoms with Crippen LogP contribution >= 0.6 is 11.6 Å². The number of halogens is 2. The molecule has 0 aliphatic heterocycles. The van der Waals surface area contributed by atoms with Gasteiger partial charge >= 0.3 is 5.69 Å². The molecule has 2 rings (SSSR count). The molecule has 2 aromatic rings. The Balaban J connectivity index is 2.30. The third-order valence-corrected chi connectivity index (χ3v) is 3.13. The first-order chi connectivity index (χ1) is 9.49. The summed E-state index contributed by atoms with van der Waals surface area (Å²) in [4.78, 5) is 10.2. The highest BCUT2D eigenvalue weighted by atomic mass is 35.5. The highest BCUT2D eigenvalue weighted by Gasteiger charge is 2.21. The van der Waals surface area contributed by atoms with Crippen LogP contribution in [0.15, 0.2) is 42.5 Å². The number of nitro benzene ring substituents is 1. The fourth-order valence-corrected chi connectivity index (χ4v) is 2.11. The quantitative estimate of drug-likeness (QED) is 0.664. The van der Waals surface area contributed by atoms with Crippen molar-refractivity contribution in [2.75, 3.05) is 5.32 Å². The van der Waals surface area contributed by atoms with Crippen LogP contribution in [0.1, 0.15) is 18.5 Å². The third-order valence-electron chi connectivity index (χ3n) is 2.89. The van der Waals surface area contributed by atoms with Gasteiger partial charge in [0.25, 0.3) is 0 Å². The Bertz CT molecular complexity index is 649. The summed E-state index contributed by atoms with van der Waals surface area (Å²) in [7, 11) is 0. The van der Waals surface area contributed by atoms with E-state index in [0.717, 1.165) is 11.6 Å². The number of hydrogen-bond donors (Lipinski definition) is 1. The molecule has 0 amide bonds. The minimum Gasteiger partial charge on any atom is -0.373 e. The van der Waals surface area contributed by atoms with Crippen LogP contribution in [0.5, 0.6) is 0 Å². The minimum absolute atomic E-state index is 0.141. The van der Waals surface area contributed by atoms with Gasteiger partial charge in [0.2, 0.25) is 5.82 Å². The van der Waals surface area contributed by atoms with Crippen molar-refractivity contribution in [3.8, 4) is 0 Å². The summed E-state index contributed by atoms with van der Waals surface area (Å²) in [5, 5.41) is 14.4. The highest BCUT2D eigenvalue weighted by molar-refractivity contribution is 6.30. The molecule has 6 heteroatoms. The summed E-state index contributed by atoms with van der Waals surface area (Å²) in [6.07, 6.45) is 0. The van der Waals surface area contributed by atoms with Crippen LogP contribution in [-0.2, 0) is 0 Å². The maximum Gasteiger partial charge on any atom is 0.327 e. The molecule has 1 unspecified atom stereocenters. The van der Waals surface area contributed by atoms with E-state index in [9.17, 15) is 14.5 Å². The Kier molecular flexibility index (Phi) is 4.20. The summed E-state index contributed by atoms with van der Waals surface area (Å²) in [5.41, 5.74) is 0.444. The van der Waals surface area contributed by atoms with Crippen molar-refractivity contribution in [1.29, 1.82) is 0 Å². The van der Waals surface area contributed by atoms with Crippen LogP contribution in [-0.4, -0.2) is 4.92 Å². The number of para-hydroxylation sites is 1. The topological polar surface area (TPSA) is 55.2 Å². The van der Waals surface area contributed by atoms with Gasteiger partial charge in [-0.3, -0.25) is 10.1 Å². The van der Waals surface area contributed by atoms with Gasteiger partial charge < -0.3 is 5.32 Å². The van der Waals surface area contributed by atoms with E-state index in [1.807, 2.05) is 13.0 Å². The van der Waals surface area contributed by atoms with Crippen LogP contribution in [0.2, 0.25) is 5.02 Å². The van der Waals surface area contributed by atoms with Crippen molar-refractivity contribution in [2.24, 2.45) is 0 Å². The van der Waals surface area contributed by atoms with Crippen LogP contribution in [0.4, 0.5) is 15.8 Å². The number of rotatable bonds is 4. The lowest BCUT2D eigenvalue weighted by molar-refractivity contribution is -0.386.